The predicted molar refractivity (Wildman–Crippen MR) is 61.4 cm³/mol. The van der Waals surface area contributed by atoms with Crippen LogP contribution in [0, 0.1) is 6.92 Å². The highest BCUT2D eigenvalue weighted by molar-refractivity contribution is 7.61. The third kappa shape index (κ3) is 3.63. The molecule has 1 aromatic carbocycles. The molecule has 1 atom stereocenters. The van der Waals surface area contributed by atoms with E-state index in [0.29, 0.717) is 11.7 Å². The molecule has 15 heavy (non-hydrogen) atoms. The largest absolute Gasteiger partial charge is 0.358 e. The third-order valence-electron chi connectivity index (χ3n) is 1.95. The van der Waals surface area contributed by atoms with Crippen LogP contribution in [-0.4, -0.2) is 11.5 Å². The fourth-order valence-electron chi connectivity index (χ4n) is 1.07. The zero-order valence-corrected chi connectivity index (χ0v) is 9.61. The van der Waals surface area contributed by atoms with Crippen LogP contribution in [0.1, 0.15) is 12.0 Å². The van der Waals surface area contributed by atoms with Gasteiger partial charge in [0.1, 0.15) is 0 Å². The number of rotatable bonds is 5. The number of hydrogen-bond acceptors (Lipinski definition) is 2. The number of aryl methyl sites for hydroxylation is 1. The fraction of sp³-hybridized carbons (Fsp3) is 0.273. The quantitative estimate of drug-likeness (QED) is 0.476. The molecular weight excluding hydrogens is 211 g/mol. The van der Waals surface area contributed by atoms with E-state index in [4.69, 9.17) is 4.52 Å². The van der Waals surface area contributed by atoms with Gasteiger partial charge in [-0.25, -0.2) is 0 Å². The Morgan fingerprint density at radius 1 is 1.47 bits per heavy atom. The molecule has 1 N–H and O–H groups in total. The molecule has 1 aromatic rings. The highest BCUT2D eigenvalue weighted by atomic mass is 31.2. The first-order valence-electron chi connectivity index (χ1n) is 4.72. The van der Waals surface area contributed by atoms with E-state index in [2.05, 4.69) is 6.58 Å². The second-order valence-electron chi connectivity index (χ2n) is 3.27. The van der Waals surface area contributed by atoms with Crippen molar-refractivity contribution in [3.8, 4) is 0 Å². The molecule has 0 bridgehead atoms. The molecule has 3 nitrogen and oxygen atoms in total. The Bertz CT molecular complexity index is 370. The van der Waals surface area contributed by atoms with Gasteiger partial charge in [0.05, 0.1) is 11.9 Å². The maximum atomic E-state index is 11.7. The molecule has 0 radical (unpaired) electrons. The van der Waals surface area contributed by atoms with Crippen molar-refractivity contribution in [1.29, 1.82) is 0 Å². The maximum absolute atomic E-state index is 11.7. The van der Waals surface area contributed by atoms with Crippen LogP contribution in [0.3, 0.4) is 0 Å². The molecule has 0 saturated carbocycles. The van der Waals surface area contributed by atoms with Crippen LogP contribution in [0.4, 0.5) is 0 Å². The Morgan fingerprint density at radius 3 is 2.60 bits per heavy atom. The lowest BCUT2D eigenvalue weighted by Crippen LogP contribution is -2.07. The van der Waals surface area contributed by atoms with Gasteiger partial charge in [0.15, 0.2) is 0 Å². The monoisotopic (exact) mass is 226 g/mol. The average Bonchev–Trinajstić information content (AvgIpc) is 2.18. The Balaban J connectivity index is 2.72. The Labute approximate surface area is 89.9 Å². The maximum Gasteiger partial charge on any atom is 0.358 e. The predicted octanol–water partition coefficient (Wildman–Crippen LogP) is 2.40. The lowest BCUT2D eigenvalue weighted by atomic mass is 10.2. The molecule has 1 rings (SSSR count). The molecule has 0 aliphatic heterocycles. The van der Waals surface area contributed by atoms with Gasteiger partial charge in [0.2, 0.25) is 0 Å². The highest BCUT2D eigenvalue weighted by Crippen LogP contribution is 2.40. The van der Waals surface area contributed by atoms with Gasteiger partial charge in [-0.15, -0.1) is 6.58 Å². The van der Waals surface area contributed by atoms with Gasteiger partial charge in [-0.1, -0.05) is 23.8 Å². The molecule has 0 saturated heterocycles. The Kier molecular flexibility index (Phi) is 4.28. The molecule has 0 amide bonds. The van der Waals surface area contributed by atoms with Crippen molar-refractivity contribution < 1.29 is 14.0 Å². The van der Waals surface area contributed by atoms with Crippen LogP contribution >= 0.6 is 7.60 Å². The minimum Gasteiger partial charge on any atom is -0.321 e. The van der Waals surface area contributed by atoms with Gasteiger partial charge in [-0.05, 0) is 25.5 Å². The zero-order valence-electron chi connectivity index (χ0n) is 8.72. The van der Waals surface area contributed by atoms with Crippen molar-refractivity contribution in [1.82, 2.24) is 0 Å². The van der Waals surface area contributed by atoms with Crippen LogP contribution in [0.25, 0.3) is 0 Å². The van der Waals surface area contributed by atoms with Gasteiger partial charge in [0, 0.05) is 0 Å². The van der Waals surface area contributed by atoms with E-state index in [1.165, 1.54) is 0 Å². The van der Waals surface area contributed by atoms with E-state index in [1.54, 1.807) is 30.3 Å². The van der Waals surface area contributed by atoms with E-state index in [9.17, 15) is 9.46 Å². The molecule has 0 heterocycles. The first kappa shape index (κ1) is 12.2. The van der Waals surface area contributed by atoms with Crippen LogP contribution in [0.2, 0.25) is 0 Å². The highest BCUT2D eigenvalue weighted by Gasteiger charge is 2.21. The van der Waals surface area contributed by atoms with Crippen molar-refractivity contribution in [2.24, 2.45) is 0 Å². The van der Waals surface area contributed by atoms with Crippen LogP contribution in [0.5, 0.6) is 0 Å². The summed E-state index contributed by atoms with van der Waals surface area (Å²) >= 11 is 0. The molecule has 0 spiro atoms. The van der Waals surface area contributed by atoms with Crippen molar-refractivity contribution >= 4 is 12.9 Å². The van der Waals surface area contributed by atoms with E-state index in [0.717, 1.165) is 5.56 Å². The van der Waals surface area contributed by atoms with Crippen molar-refractivity contribution in [2.45, 2.75) is 13.3 Å². The van der Waals surface area contributed by atoms with Crippen molar-refractivity contribution in [2.75, 3.05) is 6.61 Å². The van der Waals surface area contributed by atoms with E-state index in [1.807, 2.05) is 6.92 Å². The second kappa shape index (κ2) is 5.26. The SMILES string of the molecule is C=CCCOP(=O)(O)c1ccc(C)cc1. The summed E-state index contributed by atoms with van der Waals surface area (Å²) in [7, 11) is -3.64. The van der Waals surface area contributed by atoms with Gasteiger partial charge < -0.3 is 9.42 Å². The summed E-state index contributed by atoms with van der Waals surface area (Å²) < 4.78 is 16.6. The van der Waals surface area contributed by atoms with E-state index in [-0.39, 0.29) is 6.61 Å². The number of hydrogen-bond donors (Lipinski definition) is 1. The summed E-state index contributed by atoms with van der Waals surface area (Å²) in [4.78, 5) is 9.60. The normalized spacial score (nSPS) is 14.5. The summed E-state index contributed by atoms with van der Waals surface area (Å²) in [6.45, 7) is 5.65. The summed E-state index contributed by atoms with van der Waals surface area (Å²) in [6.07, 6.45) is 2.21. The second-order valence-corrected chi connectivity index (χ2v) is 5.08. The van der Waals surface area contributed by atoms with Crippen LogP contribution in [0.15, 0.2) is 36.9 Å². The molecule has 0 aliphatic carbocycles. The third-order valence-corrected chi connectivity index (χ3v) is 3.43. The van der Waals surface area contributed by atoms with Crippen LogP contribution < -0.4 is 5.30 Å². The van der Waals surface area contributed by atoms with Crippen molar-refractivity contribution in [3.63, 3.8) is 0 Å². The Hall–Kier alpha value is -0.890. The van der Waals surface area contributed by atoms with Gasteiger partial charge in [-0.3, -0.25) is 4.57 Å². The first-order valence-corrected chi connectivity index (χ1v) is 6.29. The van der Waals surface area contributed by atoms with Gasteiger partial charge in [0.25, 0.3) is 0 Å². The first-order chi connectivity index (χ1) is 7.06. The lowest BCUT2D eigenvalue weighted by molar-refractivity contribution is 0.274. The summed E-state index contributed by atoms with van der Waals surface area (Å²) in [5.41, 5.74) is 1.05. The molecule has 0 fully saturated rings. The summed E-state index contributed by atoms with van der Waals surface area (Å²) in [6, 6.07) is 6.80. The standard InChI is InChI=1S/C11H15O3P/c1-3-4-9-14-15(12,13)11-7-5-10(2)6-8-11/h3,5-8H,1,4,9H2,2H3,(H,12,13). The average molecular weight is 226 g/mol. The van der Waals surface area contributed by atoms with Crippen LogP contribution in [-0.2, 0) is 9.09 Å². The smallest absolute Gasteiger partial charge is 0.321 e. The molecule has 0 aromatic heterocycles. The topological polar surface area (TPSA) is 46.5 Å². The molecule has 82 valence electrons. The molecule has 4 heteroatoms. The number of benzene rings is 1. The van der Waals surface area contributed by atoms with Gasteiger partial charge in [-0.2, -0.15) is 0 Å². The minimum absolute atomic E-state index is 0.213. The summed E-state index contributed by atoms with van der Waals surface area (Å²) in [5, 5.41) is 0.331. The van der Waals surface area contributed by atoms with Crippen molar-refractivity contribution in [3.05, 3.63) is 42.5 Å². The Morgan fingerprint density at radius 2 is 2.07 bits per heavy atom. The summed E-state index contributed by atoms with van der Waals surface area (Å²) in [5.74, 6) is 0. The zero-order chi connectivity index (χ0) is 11.3. The van der Waals surface area contributed by atoms with E-state index >= 15 is 0 Å². The lowest BCUT2D eigenvalue weighted by Gasteiger charge is -2.11. The molecule has 0 aliphatic rings. The molecular formula is C11H15O3P. The van der Waals surface area contributed by atoms with E-state index < -0.39 is 7.60 Å². The fourth-order valence-corrected chi connectivity index (χ4v) is 2.10. The minimum atomic E-state index is -3.64. The van der Waals surface area contributed by atoms with Gasteiger partial charge >= 0.3 is 7.60 Å². The molecule has 1 unspecified atom stereocenters.